The van der Waals surface area contributed by atoms with E-state index in [1.54, 1.807) is 18.5 Å². The molecule has 0 radical (unpaired) electrons. The number of nitrogens with one attached hydrogen (secondary N) is 1. The van der Waals surface area contributed by atoms with Crippen LogP contribution in [0, 0.1) is 0 Å². The fourth-order valence-corrected chi connectivity index (χ4v) is 2.74. The van der Waals surface area contributed by atoms with Crippen LogP contribution in [-0.2, 0) is 4.79 Å². The fraction of sp³-hybridized carbons (Fsp3) is 0.200. The van der Waals surface area contributed by atoms with E-state index in [2.05, 4.69) is 10.3 Å². The monoisotopic (exact) mass is 306 g/mol. The van der Waals surface area contributed by atoms with Crippen molar-refractivity contribution >= 4 is 35.0 Å². The van der Waals surface area contributed by atoms with Gasteiger partial charge < -0.3 is 5.32 Å². The van der Waals surface area contributed by atoms with Gasteiger partial charge in [0.25, 0.3) is 0 Å². The Morgan fingerprint density at radius 1 is 1.35 bits per heavy atom. The van der Waals surface area contributed by atoms with Crippen molar-refractivity contribution in [3.05, 3.63) is 53.8 Å². The number of carbonyl (C=O) groups is 1. The second kappa shape index (κ2) is 7.31. The Kier molecular flexibility index (Phi) is 5.44. The van der Waals surface area contributed by atoms with Crippen molar-refractivity contribution < 1.29 is 4.79 Å². The number of aromatic nitrogens is 1. The molecule has 2 rings (SSSR count). The molecule has 0 saturated carbocycles. The molecule has 1 aromatic heterocycles. The maximum Gasteiger partial charge on any atom is 0.237 e. The molecule has 0 spiro atoms. The molecule has 5 heteroatoms. The average Bonchev–Trinajstić information content (AvgIpc) is 2.47. The molecule has 1 amide bonds. The minimum Gasteiger partial charge on any atom is -0.324 e. The van der Waals surface area contributed by atoms with Crippen molar-refractivity contribution in [2.45, 2.75) is 23.5 Å². The zero-order valence-corrected chi connectivity index (χ0v) is 12.6. The Morgan fingerprint density at radius 2 is 2.10 bits per heavy atom. The molecule has 0 aliphatic carbocycles. The molecule has 20 heavy (non-hydrogen) atoms. The van der Waals surface area contributed by atoms with E-state index in [9.17, 15) is 4.79 Å². The Labute approximate surface area is 127 Å². The summed E-state index contributed by atoms with van der Waals surface area (Å²) in [5.74, 6) is -0.0135. The van der Waals surface area contributed by atoms with Gasteiger partial charge in [-0.15, -0.1) is 11.8 Å². The second-order valence-electron chi connectivity index (χ2n) is 4.20. The first-order chi connectivity index (χ1) is 9.69. The van der Waals surface area contributed by atoms with E-state index in [1.807, 2.05) is 37.3 Å². The lowest BCUT2D eigenvalue weighted by Gasteiger charge is -2.14. The molecule has 104 valence electrons. The van der Waals surface area contributed by atoms with Crippen molar-refractivity contribution in [1.29, 1.82) is 0 Å². The second-order valence-corrected chi connectivity index (χ2v) is 5.91. The largest absolute Gasteiger partial charge is 0.324 e. The quantitative estimate of drug-likeness (QED) is 0.840. The molecule has 1 N–H and O–H groups in total. The highest BCUT2D eigenvalue weighted by atomic mass is 35.5. The van der Waals surface area contributed by atoms with E-state index in [-0.39, 0.29) is 11.2 Å². The van der Waals surface area contributed by atoms with Gasteiger partial charge in [0.05, 0.1) is 17.1 Å². The molecular weight excluding hydrogens is 292 g/mol. The number of benzene rings is 1. The number of hydrogen-bond acceptors (Lipinski definition) is 3. The Hall–Kier alpha value is -1.52. The average molecular weight is 307 g/mol. The molecule has 1 heterocycles. The van der Waals surface area contributed by atoms with Gasteiger partial charge in [0.1, 0.15) is 0 Å². The van der Waals surface area contributed by atoms with Gasteiger partial charge in [-0.05, 0) is 42.8 Å². The normalized spacial score (nSPS) is 11.9. The lowest BCUT2D eigenvalue weighted by molar-refractivity contribution is -0.115. The van der Waals surface area contributed by atoms with E-state index in [0.717, 1.165) is 11.3 Å². The number of amides is 1. The molecule has 0 aliphatic rings. The van der Waals surface area contributed by atoms with Crippen LogP contribution in [0.4, 0.5) is 5.69 Å². The lowest BCUT2D eigenvalue weighted by atomic mass is 10.3. The van der Waals surface area contributed by atoms with Gasteiger partial charge >= 0.3 is 0 Å². The van der Waals surface area contributed by atoms with Crippen LogP contribution in [0.25, 0.3) is 0 Å². The molecule has 1 atom stereocenters. The van der Waals surface area contributed by atoms with Gasteiger partial charge in [-0.25, -0.2) is 0 Å². The topological polar surface area (TPSA) is 42.0 Å². The molecule has 0 saturated heterocycles. The van der Waals surface area contributed by atoms with E-state index in [0.29, 0.717) is 10.7 Å². The third-order valence-electron chi connectivity index (χ3n) is 2.68. The number of anilines is 1. The van der Waals surface area contributed by atoms with Crippen molar-refractivity contribution in [2.75, 3.05) is 5.32 Å². The molecule has 3 nitrogen and oxygen atoms in total. The summed E-state index contributed by atoms with van der Waals surface area (Å²) in [6.07, 6.45) is 4.06. The zero-order chi connectivity index (χ0) is 14.4. The number of halogens is 1. The summed E-state index contributed by atoms with van der Waals surface area (Å²) in [6, 6.07) is 11.1. The molecule has 1 aromatic carbocycles. The minimum absolute atomic E-state index is 0.0135. The van der Waals surface area contributed by atoms with Gasteiger partial charge in [-0.3, -0.25) is 9.78 Å². The number of hydrogen-bond donors (Lipinski definition) is 1. The number of carbonyl (C=O) groups excluding carboxylic acids is 1. The molecular formula is C15H15ClN2OS. The Balaban J connectivity index is 2.00. The maximum atomic E-state index is 12.2. The lowest BCUT2D eigenvalue weighted by Crippen LogP contribution is -2.24. The molecule has 2 aromatic rings. The van der Waals surface area contributed by atoms with Crippen molar-refractivity contribution in [2.24, 2.45) is 0 Å². The molecule has 0 fully saturated rings. The van der Waals surface area contributed by atoms with E-state index in [4.69, 9.17) is 11.6 Å². The Morgan fingerprint density at radius 3 is 2.70 bits per heavy atom. The highest BCUT2D eigenvalue weighted by Gasteiger charge is 2.18. The summed E-state index contributed by atoms with van der Waals surface area (Å²) in [5.41, 5.74) is 0.715. The van der Waals surface area contributed by atoms with Crippen molar-refractivity contribution in [3.8, 4) is 0 Å². The van der Waals surface area contributed by atoms with Gasteiger partial charge in [0, 0.05) is 16.1 Å². The summed E-state index contributed by atoms with van der Waals surface area (Å²) in [7, 11) is 0. The van der Waals surface area contributed by atoms with Gasteiger partial charge in [0.15, 0.2) is 0 Å². The molecule has 0 aliphatic heterocycles. The number of thioether (sulfide) groups is 1. The molecule has 0 unspecified atom stereocenters. The van der Waals surface area contributed by atoms with Crippen LogP contribution >= 0.6 is 23.4 Å². The predicted molar refractivity (Wildman–Crippen MR) is 84.3 cm³/mol. The highest BCUT2D eigenvalue weighted by molar-refractivity contribution is 8.00. The predicted octanol–water partition coefficient (Wildman–Crippen LogP) is 4.24. The van der Waals surface area contributed by atoms with E-state index < -0.39 is 0 Å². The smallest absolute Gasteiger partial charge is 0.237 e. The van der Waals surface area contributed by atoms with Crippen LogP contribution < -0.4 is 5.32 Å². The third-order valence-corrected chi connectivity index (χ3v) is 4.31. The number of pyridine rings is 1. The minimum atomic E-state index is -0.142. The number of nitrogens with zero attached hydrogens (tertiary/aromatic N) is 1. The number of rotatable bonds is 5. The summed E-state index contributed by atoms with van der Waals surface area (Å²) in [5, 5.41) is 3.43. The fourth-order valence-electron chi connectivity index (χ4n) is 1.66. The van der Waals surface area contributed by atoms with E-state index >= 15 is 0 Å². The standard InChI is InChI=1S/C15H15ClN2OS/c1-2-14(20-13-7-5-11(16)6-8-13)15(19)18-12-4-3-9-17-10-12/h3-10,14H,2H2,1H3,(H,18,19)/t14-/m0/s1. The zero-order valence-electron chi connectivity index (χ0n) is 11.0. The van der Waals surface area contributed by atoms with Crippen LogP contribution in [0.1, 0.15) is 13.3 Å². The van der Waals surface area contributed by atoms with Crippen LogP contribution in [0.2, 0.25) is 5.02 Å². The van der Waals surface area contributed by atoms with Gasteiger partial charge in [-0.2, -0.15) is 0 Å². The first-order valence-corrected chi connectivity index (χ1v) is 7.58. The first-order valence-electron chi connectivity index (χ1n) is 6.32. The summed E-state index contributed by atoms with van der Waals surface area (Å²) in [6.45, 7) is 2.00. The van der Waals surface area contributed by atoms with Crippen molar-refractivity contribution in [1.82, 2.24) is 4.98 Å². The maximum absolute atomic E-state index is 12.2. The van der Waals surface area contributed by atoms with Crippen LogP contribution in [0.5, 0.6) is 0 Å². The van der Waals surface area contributed by atoms with Crippen LogP contribution in [-0.4, -0.2) is 16.1 Å². The molecule has 0 bridgehead atoms. The summed E-state index contributed by atoms with van der Waals surface area (Å²) < 4.78 is 0. The first kappa shape index (κ1) is 14.9. The van der Waals surface area contributed by atoms with Crippen LogP contribution in [0.15, 0.2) is 53.7 Å². The van der Waals surface area contributed by atoms with Gasteiger partial charge in [0.2, 0.25) is 5.91 Å². The highest BCUT2D eigenvalue weighted by Crippen LogP contribution is 2.27. The van der Waals surface area contributed by atoms with Crippen LogP contribution in [0.3, 0.4) is 0 Å². The third kappa shape index (κ3) is 4.25. The summed E-state index contributed by atoms with van der Waals surface area (Å²) in [4.78, 5) is 17.2. The Bertz CT molecular complexity index is 560. The van der Waals surface area contributed by atoms with Gasteiger partial charge in [-0.1, -0.05) is 18.5 Å². The van der Waals surface area contributed by atoms with Crippen molar-refractivity contribution in [3.63, 3.8) is 0 Å². The summed E-state index contributed by atoms with van der Waals surface area (Å²) >= 11 is 7.39. The van der Waals surface area contributed by atoms with E-state index in [1.165, 1.54) is 11.8 Å². The SMILES string of the molecule is CC[C@H](Sc1ccc(Cl)cc1)C(=O)Nc1cccnc1.